The van der Waals surface area contributed by atoms with E-state index in [-0.39, 0.29) is 0 Å². The lowest BCUT2D eigenvalue weighted by Crippen LogP contribution is -2.18. The number of rotatable bonds is 3. The molecule has 0 spiro atoms. The minimum absolute atomic E-state index is 0.333. The highest BCUT2D eigenvalue weighted by Gasteiger charge is 2.10. The van der Waals surface area contributed by atoms with Crippen LogP contribution in [0.2, 0.25) is 19.6 Å². The van der Waals surface area contributed by atoms with E-state index in [1.165, 1.54) is 6.08 Å². The number of hydrogen-bond acceptors (Lipinski definition) is 3. The van der Waals surface area contributed by atoms with E-state index >= 15 is 0 Å². The van der Waals surface area contributed by atoms with E-state index in [1.54, 1.807) is 13.8 Å². The molecule has 0 rings (SSSR count). The first-order chi connectivity index (χ1) is 7.26. The Hall–Kier alpha value is -1.05. The Kier molecular flexibility index (Phi) is 6.08. The van der Waals surface area contributed by atoms with Crippen LogP contribution in [0.15, 0.2) is 11.6 Å². The summed E-state index contributed by atoms with van der Waals surface area (Å²) in [6.07, 6.45) is 0.406. The van der Waals surface area contributed by atoms with Gasteiger partial charge in [-0.25, -0.2) is 4.79 Å². The van der Waals surface area contributed by atoms with Crippen molar-refractivity contribution in [1.29, 1.82) is 0 Å². The highest BCUT2D eigenvalue weighted by atomic mass is 28.3. The van der Waals surface area contributed by atoms with Gasteiger partial charge in [0.2, 0.25) is 0 Å². The zero-order chi connectivity index (χ0) is 12.8. The molecule has 0 aromatic heterocycles. The molecule has 0 aromatic carbocycles. The first-order valence-corrected chi connectivity index (χ1v) is 8.82. The van der Waals surface area contributed by atoms with Gasteiger partial charge < -0.3 is 9.84 Å². The Morgan fingerprint density at radius 2 is 2.06 bits per heavy atom. The fourth-order valence-electron chi connectivity index (χ4n) is 0.847. The van der Waals surface area contributed by atoms with E-state index in [1.807, 2.05) is 0 Å². The third-order valence-corrected chi connectivity index (χ3v) is 2.54. The van der Waals surface area contributed by atoms with Gasteiger partial charge in [-0.2, -0.15) is 0 Å². The van der Waals surface area contributed by atoms with Crippen LogP contribution < -0.4 is 0 Å². The van der Waals surface area contributed by atoms with Crippen LogP contribution in [0.4, 0.5) is 0 Å². The first kappa shape index (κ1) is 14.9. The van der Waals surface area contributed by atoms with E-state index in [0.717, 1.165) is 0 Å². The molecule has 0 aliphatic carbocycles. The first-order valence-electron chi connectivity index (χ1n) is 5.32. The van der Waals surface area contributed by atoms with Crippen molar-refractivity contribution in [3.05, 3.63) is 11.6 Å². The van der Waals surface area contributed by atoms with Crippen LogP contribution >= 0.6 is 0 Å². The van der Waals surface area contributed by atoms with Crippen LogP contribution in [-0.4, -0.2) is 31.9 Å². The third-order valence-electron chi connectivity index (χ3n) is 1.65. The topological polar surface area (TPSA) is 46.5 Å². The zero-order valence-corrected chi connectivity index (χ0v) is 11.6. The Labute approximate surface area is 98.5 Å². The molecular weight excluding hydrogens is 220 g/mol. The molecule has 0 saturated carbocycles. The number of esters is 1. The van der Waals surface area contributed by atoms with Gasteiger partial charge >= 0.3 is 5.97 Å². The average Bonchev–Trinajstić information content (AvgIpc) is 2.13. The van der Waals surface area contributed by atoms with Crippen molar-refractivity contribution in [3.63, 3.8) is 0 Å². The minimum Gasteiger partial charge on any atom is -0.463 e. The Bertz CT molecular complexity index is 328. The van der Waals surface area contributed by atoms with E-state index in [0.29, 0.717) is 12.2 Å². The lowest BCUT2D eigenvalue weighted by Gasteiger charge is -2.07. The van der Waals surface area contributed by atoms with E-state index in [4.69, 9.17) is 4.74 Å². The molecule has 0 aliphatic heterocycles. The average molecular weight is 240 g/mol. The molecule has 0 bridgehead atoms. The smallest absolute Gasteiger partial charge is 0.330 e. The van der Waals surface area contributed by atoms with Gasteiger partial charge in [0.25, 0.3) is 0 Å². The standard InChI is InChI=1S/C12H20O3Si/c1-6-15-12(14)9-10(2)11(13)7-8-16(3,4)5/h9,11,13H,6H2,1-5H3/b10-9+/t11-/m1/s1. The molecule has 90 valence electrons. The number of aliphatic hydroxyl groups excluding tert-OH is 1. The van der Waals surface area contributed by atoms with Crippen molar-refractivity contribution in [3.8, 4) is 11.5 Å². The zero-order valence-electron chi connectivity index (χ0n) is 10.6. The van der Waals surface area contributed by atoms with Crippen molar-refractivity contribution in [2.45, 2.75) is 39.6 Å². The van der Waals surface area contributed by atoms with Crippen LogP contribution in [0.1, 0.15) is 13.8 Å². The van der Waals surface area contributed by atoms with E-state index < -0.39 is 20.1 Å². The molecular formula is C12H20O3Si. The molecule has 16 heavy (non-hydrogen) atoms. The highest BCUT2D eigenvalue weighted by Crippen LogP contribution is 2.03. The maximum Gasteiger partial charge on any atom is 0.330 e. The van der Waals surface area contributed by atoms with Crippen LogP contribution in [0, 0.1) is 11.5 Å². The highest BCUT2D eigenvalue weighted by molar-refractivity contribution is 6.83. The molecule has 3 nitrogen and oxygen atoms in total. The van der Waals surface area contributed by atoms with Crippen molar-refractivity contribution in [1.82, 2.24) is 0 Å². The van der Waals surface area contributed by atoms with Gasteiger partial charge in [-0.1, -0.05) is 25.6 Å². The molecule has 1 N–H and O–H groups in total. The predicted octanol–water partition coefficient (Wildman–Crippen LogP) is 1.74. The summed E-state index contributed by atoms with van der Waals surface area (Å²) in [5.74, 6) is 2.32. The van der Waals surface area contributed by atoms with E-state index in [2.05, 4.69) is 31.1 Å². The second-order valence-electron chi connectivity index (χ2n) is 4.56. The second-order valence-corrected chi connectivity index (χ2v) is 9.31. The number of ether oxygens (including phenoxy) is 1. The maximum atomic E-state index is 11.1. The lowest BCUT2D eigenvalue weighted by molar-refractivity contribution is -0.137. The Morgan fingerprint density at radius 3 is 2.50 bits per heavy atom. The maximum absolute atomic E-state index is 11.1. The summed E-state index contributed by atoms with van der Waals surface area (Å²) in [5.41, 5.74) is 3.57. The predicted molar refractivity (Wildman–Crippen MR) is 67.5 cm³/mol. The molecule has 0 amide bonds. The van der Waals surface area contributed by atoms with Gasteiger partial charge in [-0.05, 0) is 19.4 Å². The monoisotopic (exact) mass is 240 g/mol. The van der Waals surface area contributed by atoms with Crippen molar-refractivity contribution in [2.75, 3.05) is 6.61 Å². The molecule has 0 heterocycles. The summed E-state index contributed by atoms with van der Waals surface area (Å²) in [6.45, 7) is 10.0. The molecule has 0 fully saturated rings. The SMILES string of the molecule is CCOC(=O)/C=C(\C)[C@H](O)C#C[Si](C)(C)C. The summed E-state index contributed by atoms with van der Waals surface area (Å²) < 4.78 is 4.74. The van der Waals surface area contributed by atoms with Crippen molar-refractivity contribution < 1.29 is 14.6 Å². The summed E-state index contributed by atoms with van der Waals surface area (Å²) in [5, 5.41) is 9.67. The van der Waals surface area contributed by atoms with Crippen LogP contribution in [0.25, 0.3) is 0 Å². The molecule has 0 aromatic rings. The van der Waals surface area contributed by atoms with Gasteiger partial charge in [0, 0.05) is 6.08 Å². The number of aliphatic hydroxyl groups is 1. The van der Waals surface area contributed by atoms with Gasteiger partial charge in [-0.3, -0.25) is 0 Å². The Balaban J connectivity index is 4.54. The van der Waals surface area contributed by atoms with Crippen LogP contribution in [-0.2, 0) is 9.53 Å². The molecule has 0 radical (unpaired) electrons. The van der Waals surface area contributed by atoms with Crippen LogP contribution in [0.5, 0.6) is 0 Å². The summed E-state index contributed by atoms with van der Waals surface area (Å²) in [4.78, 5) is 11.1. The van der Waals surface area contributed by atoms with E-state index in [9.17, 15) is 9.90 Å². The summed E-state index contributed by atoms with van der Waals surface area (Å²) >= 11 is 0. The second kappa shape index (κ2) is 6.51. The lowest BCUT2D eigenvalue weighted by atomic mass is 10.2. The number of carbonyl (C=O) groups excluding carboxylic acids is 1. The summed E-state index contributed by atoms with van der Waals surface area (Å²) in [6, 6.07) is 0. The number of hydrogen-bond donors (Lipinski definition) is 1. The van der Waals surface area contributed by atoms with Gasteiger partial charge in [0.05, 0.1) is 6.61 Å². The van der Waals surface area contributed by atoms with Crippen LogP contribution in [0.3, 0.4) is 0 Å². The molecule has 0 unspecified atom stereocenters. The Morgan fingerprint density at radius 1 is 1.50 bits per heavy atom. The molecule has 0 saturated heterocycles. The normalized spacial score (nSPS) is 13.8. The molecule has 0 aliphatic rings. The van der Waals surface area contributed by atoms with Gasteiger partial charge in [0.1, 0.15) is 14.2 Å². The molecule has 1 atom stereocenters. The fraction of sp³-hybridized carbons (Fsp3) is 0.583. The quantitative estimate of drug-likeness (QED) is 0.354. The fourth-order valence-corrected chi connectivity index (χ4v) is 1.42. The third kappa shape index (κ3) is 7.27. The van der Waals surface area contributed by atoms with Gasteiger partial charge in [0.15, 0.2) is 0 Å². The summed E-state index contributed by atoms with van der Waals surface area (Å²) in [7, 11) is -1.49. The largest absolute Gasteiger partial charge is 0.463 e. The number of carbonyl (C=O) groups is 1. The minimum atomic E-state index is -1.49. The van der Waals surface area contributed by atoms with Crippen molar-refractivity contribution in [2.24, 2.45) is 0 Å². The molecule has 4 heteroatoms. The van der Waals surface area contributed by atoms with Crippen molar-refractivity contribution >= 4 is 14.0 Å². The van der Waals surface area contributed by atoms with Gasteiger partial charge in [-0.15, -0.1) is 5.54 Å².